The van der Waals surface area contributed by atoms with Gasteiger partial charge in [-0.2, -0.15) is 0 Å². The van der Waals surface area contributed by atoms with Gasteiger partial charge < -0.3 is 10.1 Å². The van der Waals surface area contributed by atoms with Crippen molar-refractivity contribution < 1.29 is 4.74 Å². The molecule has 0 radical (unpaired) electrons. The molecule has 0 heterocycles. The van der Waals surface area contributed by atoms with Gasteiger partial charge in [0.1, 0.15) is 11.6 Å². The number of hydrogen-bond donors (Lipinski definition) is 1. The molecule has 0 bridgehead atoms. The maximum atomic E-state index is 5.61. The van der Waals surface area contributed by atoms with Gasteiger partial charge in [-0.25, -0.2) is 4.99 Å². The van der Waals surface area contributed by atoms with E-state index in [9.17, 15) is 0 Å². The second-order valence-electron chi connectivity index (χ2n) is 4.85. The van der Waals surface area contributed by atoms with E-state index in [1.807, 2.05) is 75.4 Å². The van der Waals surface area contributed by atoms with E-state index in [1.165, 1.54) is 0 Å². The van der Waals surface area contributed by atoms with Crippen LogP contribution in [0.15, 0.2) is 59.6 Å². The molecule has 0 saturated heterocycles. The van der Waals surface area contributed by atoms with Crippen LogP contribution < -0.4 is 10.1 Å². The van der Waals surface area contributed by atoms with Crippen molar-refractivity contribution in [3.63, 3.8) is 0 Å². The molecule has 0 amide bonds. The molecule has 2 aromatic rings. The summed E-state index contributed by atoms with van der Waals surface area (Å²) < 4.78 is 5.61. The summed E-state index contributed by atoms with van der Waals surface area (Å²) in [7, 11) is 0. The molecule has 0 saturated carbocycles. The second-order valence-corrected chi connectivity index (χ2v) is 4.85. The summed E-state index contributed by atoms with van der Waals surface area (Å²) in [6.07, 6.45) is 0.186. The van der Waals surface area contributed by atoms with E-state index in [0.717, 1.165) is 23.0 Å². The van der Waals surface area contributed by atoms with Crippen molar-refractivity contribution in [2.45, 2.75) is 26.9 Å². The zero-order chi connectivity index (χ0) is 14.4. The highest BCUT2D eigenvalue weighted by Gasteiger charge is 1.98. The molecule has 0 atom stereocenters. The summed E-state index contributed by atoms with van der Waals surface area (Å²) in [5.41, 5.74) is 1.94. The number of nitrogens with zero attached hydrogens (tertiary/aromatic N) is 1. The van der Waals surface area contributed by atoms with Crippen molar-refractivity contribution in [1.29, 1.82) is 0 Å². The molecule has 20 heavy (non-hydrogen) atoms. The molecule has 0 aromatic heterocycles. The zero-order valence-corrected chi connectivity index (χ0v) is 12.1. The second kappa shape index (κ2) is 6.75. The Morgan fingerprint density at radius 1 is 1.00 bits per heavy atom. The van der Waals surface area contributed by atoms with Crippen molar-refractivity contribution in [3.05, 3.63) is 54.6 Å². The highest BCUT2D eigenvalue weighted by molar-refractivity contribution is 5.95. The Hall–Kier alpha value is -2.29. The van der Waals surface area contributed by atoms with Gasteiger partial charge >= 0.3 is 0 Å². The standard InChI is InChI=1S/C17H20N2O/c1-13(2)20-17-11-9-16(10-12-17)19-14(3)18-15-7-5-4-6-8-15/h4-13H,1-3H3,(H,18,19). The molecule has 2 aromatic carbocycles. The topological polar surface area (TPSA) is 33.6 Å². The lowest BCUT2D eigenvalue weighted by Gasteiger charge is -2.09. The van der Waals surface area contributed by atoms with Crippen LogP contribution in [0.5, 0.6) is 5.75 Å². The summed E-state index contributed by atoms with van der Waals surface area (Å²) in [4.78, 5) is 4.52. The molecule has 2 rings (SSSR count). The van der Waals surface area contributed by atoms with E-state index in [0.29, 0.717) is 0 Å². The molecule has 104 valence electrons. The summed E-state index contributed by atoms with van der Waals surface area (Å²) in [5, 5.41) is 3.26. The molecule has 0 aliphatic heterocycles. The third-order valence-corrected chi connectivity index (χ3v) is 2.60. The largest absolute Gasteiger partial charge is 0.491 e. The number of aliphatic imine (C=N–C) groups is 1. The van der Waals surface area contributed by atoms with Crippen molar-refractivity contribution in [2.75, 3.05) is 5.32 Å². The number of hydrogen-bond acceptors (Lipinski definition) is 2. The molecular formula is C17H20N2O. The van der Waals surface area contributed by atoms with E-state index in [4.69, 9.17) is 4.74 Å². The fraction of sp³-hybridized carbons (Fsp3) is 0.235. The highest BCUT2D eigenvalue weighted by Crippen LogP contribution is 2.19. The van der Waals surface area contributed by atoms with E-state index >= 15 is 0 Å². The molecule has 1 N–H and O–H groups in total. The number of nitrogens with one attached hydrogen (secondary N) is 1. The fourth-order valence-electron chi connectivity index (χ4n) is 1.82. The lowest BCUT2D eigenvalue weighted by molar-refractivity contribution is 0.242. The van der Waals surface area contributed by atoms with Gasteiger partial charge in [-0.3, -0.25) is 0 Å². The minimum Gasteiger partial charge on any atom is -0.491 e. The van der Waals surface area contributed by atoms with Crippen molar-refractivity contribution in [3.8, 4) is 5.75 Å². The van der Waals surface area contributed by atoms with Gasteiger partial charge in [0.25, 0.3) is 0 Å². The van der Waals surface area contributed by atoms with E-state index in [2.05, 4.69) is 10.3 Å². The van der Waals surface area contributed by atoms with Crippen LogP contribution in [0.2, 0.25) is 0 Å². The van der Waals surface area contributed by atoms with E-state index in [1.54, 1.807) is 0 Å². The van der Waals surface area contributed by atoms with Gasteiger partial charge in [-0.15, -0.1) is 0 Å². The smallest absolute Gasteiger partial charge is 0.119 e. The molecule has 0 aliphatic rings. The van der Waals surface area contributed by atoms with Crippen LogP contribution in [0.3, 0.4) is 0 Å². The van der Waals surface area contributed by atoms with Gasteiger partial charge in [0.05, 0.1) is 11.8 Å². The lowest BCUT2D eigenvalue weighted by Crippen LogP contribution is -2.06. The van der Waals surface area contributed by atoms with Crippen LogP contribution in [0.1, 0.15) is 20.8 Å². The van der Waals surface area contributed by atoms with Gasteiger partial charge in [0.15, 0.2) is 0 Å². The SMILES string of the molecule is CC(=Nc1ccc(OC(C)C)cc1)Nc1ccccc1. The first-order valence-electron chi connectivity index (χ1n) is 6.77. The zero-order valence-electron chi connectivity index (χ0n) is 12.1. The summed E-state index contributed by atoms with van der Waals surface area (Å²) in [5.74, 6) is 1.72. The van der Waals surface area contributed by atoms with Crippen molar-refractivity contribution >= 4 is 17.2 Å². The monoisotopic (exact) mass is 268 g/mol. The Labute approximate surface area is 120 Å². The Morgan fingerprint density at radius 2 is 1.65 bits per heavy atom. The van der Waals surface area contributed by atoms with Crippen LogP contribution in [0, 0.1) is 0 Å². The molecule has 3 nitrogen and oxygen atoms in total. The van der Waals surface area contributed by atoms with Gasteiger partial charge in [0.2, 0.25) is 0 Å². The van der Waals surface area contributed by atoms with Crippen molar-refractivity contribution in [1.82, 2.24) is 0 Å². The normalized spacial score (nSPS) is 11.5. The van der Waals surface area contributed by atoms with E-state index < -0.39 is 0 Å². The van der Waals surface area contributed by atoms with Gasteiger partial charge in [0, 0.05) is 5.69 Å². The van der Waals surface area contributed by atoms with Crippen LogP contribution in [0.25, 0.3) is 0 Å². The first-order valence-corrected chi connectivity index (χ1v) is 6.77. The predicted octanol–water partition coefficient (Wildman–Crippen LogP) is 4.64. The first-order chi connectivity index (χ1) is 9.63. The van der Waals surface area contributed by atoms with E-state index in [-0.39, 0.29) is 6.10 Å². The molecule has 0 fully saturated rings. The van der Waals surface area contributed by atoms with Crippen LogP contribution in [0.4, 0.5) is 11.4 Å². The molecule has 3 heteroatoms. The predicted molar refractivity (Wildman–Crippen MR) is 85.0 cm³/mol. The molecular weight excluding hydrogens is 248 g/mol. The third kappa shape index (κ3) is 4.43. The minimum atomic E-state index is 0.186. The Morgan fingerprint density at radius 3 is 2.25 bits per heavy atom. The van der Waals surface area contributed by atoms with Gasteiger partial charge in [-0.1, -0.05) is 18.2 Å². The quantitative estimate of drug-likeness (QED) is 0.647. The number of para-hydroxylation sites is 1. The number of amidine groups is 1. The number of rotatable bonds is 4. The highest BCUT2D eigenvalue weighted by atomic mass is 16.5. The maximum Gasteiger partial charge on any atom is 0.119 e. The summed E-state index contributed by atoms with van der Waals surface area (Å²) in [6.45, 7) is 5.98. The lowest BCUT2D eigenvalue weighted by atomic mass is 10.3. The molecule has 0 aliphatic carbocycles. The average Bonchev–Trinajstić information content (AvgIpc) is 2.41. The number of anilines is 1. The van der Waals surface area contributed by atoms with Crippen LogP contribution in [-0.2, 0) is 0 Å². The molecule has 0 spiro atoms. The van der Waals surface area contributed by atoms with Gasteiger partial charge in [-0.05, 0) is 57.2 Å². The summed E-state index contributed by atoms with van der Waals surface area (Å²) >= 11 is 0. The fourth-order valence-corrected chi connectivity index (χ4v) is 1.82. The first kappa shape index (κ1) is 14.1. The Balaban J connectivity index is 2.02. The van der Waals surface area contributed by atoms with Crippen LogP contribution >= 0.6 is 0 Å². The average molecular weight is 268 g/mol. The minimum absolute atomic E-state index is 0.186. The number of benzene rings is 2. The summed E-state index contributed by atoms with van der Waals surface area (Å²) in [6, 6.07) is 17.8. The van der Waals surface area contributed by atoms with Crippen LogP contribution in [-0.4, -0.2) is 11.9 Å². The maximum absolute atomic E-state index is 5.61. The third-order valence-electron chi connectivity index (χ3n) is 2.60. The number of ether oxygens (including phenoxy) is 1. The Kier molecular flexibility index (Phi) is 4.77. The molecule has 0 unspecified atom stereocenters. The Bertz CT molecular complexity index is 559. The van der Waals surface area contributed by atoms with Crippen molar-refractivity contribution in [2.24, 2.45) is 4.99 Å².